The SMILES string of the molecule is Oc1ccc2c(Oc3ccc(OCCN4CCCCC4)cc3)c(-c3ccc(F)s3)ccc2c1. The van der Waals surface area contributed by atoms with Crippen LogP contribution in [0.2, 0.25) is 0 Å². The van der Waals surface area contributed by atoms with Gasteiger partial charge in [0.2, 0.25) is 0 Å². The number of piperidine rings is 1. The summed E-state index contributed by atoms with van der Waals surface area (Å²) in [6, 6.07) is 19.8. The fourth-order valence-corrected chi connectivity index (χ4v) is 5.00. The van der Waals surface area contributed by atoms with Crippen LogP contribution in [0.4, 0.5) is 4.39 Å². The van der Waals surface area contributed by atoms with Gasteiger partial charge in [-0.3, -0.25) is 4.90 Å². The van der Waals surface area contributed by atoms with Crippen LogP contribution in [-0.2, 0) is 0 Å². The van der Waals surface area contributed by atoms with Crippen LogP contribution >= 0.6 is 11.3 Å². The molecule has 6 heteroatoms. The first-order valence-corrected chi connectivity index (χ1v) is 12.1. The molecule has 0 aliphatic carbocycles. The minimum Gasteiger partial charge on any atom is -0.508 e. The maximum absolute atomic E-state index is 13.7. The van der Waals surface area contributed by atoms with E-state index in [0.29, 0.717) is 18.1 Å². The minimum absolute atomic E-state index is 0.189. The molecule has 170 valence electrons. The second-order valence-electron chi connectivity index (χ2n) is 8.28. The molecular formula is C27H26FNO3S. The van der Waals surface area contributed by atoms with Crippen molar-refractivity contribution in [3.8, 4) is 33.4 Å². The number of aromatic hydroxyl groups is 1. The highest BCUT2D eigenvalue weighted by molar-refractivity contribution is 7.13. The molecule has 0 amide bonds. The number of halogens is 1. The van der Waals surface area contributed by atoms with Crippen molar-refractivity contribution in [3.05, 3.63) is 71.9 Å². The number of ether oxygens (including phenoxy) is 2. The Balaban J connectivity index is 1.35. The molecule has 1 aromatic heterocycles. The van der Waals surface area contributed by atoms with Gasteiger partial charge in [0.15, 0.2) is 5.13 Å². The topological polar surface area (TPSA) is 41.9 Å². The number of hydrogen-bond acceptors (Lipinski definition) is 5. The van der Waals surface area contributed by atoms with Crippen LogP contribution in [-0.4, -0.2) is 36.2 Å². The molecule has 1 aliphatic heterocycles. The Morgan fingerprint density at radius 1 is 0.879 bits per heavy atom. The summed E-state index contributed by atoms with van der Waals surface area (Å²) in [6.07, 6.45) is 3.89. The third-order valence-electron chi connectivity index (χ3n) is 5.96. The number of phenols is 1. The molecule has 1 saturated heterocycles. The molecule has 0 saturated carbocycles. The average molecular weight is 464 g/mol. The summed E-state index contributed by atoms with van der Waals surface area (Å²) >= 11 is 1.08. The lowest BCUT2D eigenvalue weighted by molar-refractivity contribution is 0.183. The standard InChI is InChI=1S/C27H26FNO3S/c28-26-13-12-25(33-26)24-10-4-19-18-20(30)5-11-23(19)27(24)32-22-8-6-21(7-9-22)31-17-16-29-14-2-1-3-15-29/h4-13,18,30H,1-3,14-17H2. The fourth-order valence-electron chi connectivity index (χ4n) is 4.25. The van der Waals surface area contributed by atoms with Gasteiger partial charge in [0.1, 0.15) is 29.6 Å². The number of nitrogens with zero attached hydrogens (tertiary/aromatic N) is 1. The van der Waals surface area contributed by atoms with Gasteiger partial charge in [0.05, 0.1) is 0 Å². The first-order valence-electron chi connectivity index (χ1n) is 11.3. The molecular weight excluding hydrogens is 437 g/mol. The van der Waals surface area contributed by atoms with E-state index in [1.54, 1.807) is 18.2 Å². The van der Waals surface area contributed by atoms with Crippen molar-refractivity contribution in [2.24, 2.45) is 0 Å². The van der Waals surface area contributed by atoms with Crippen molar-refractivity contribution in [3.63, 3.8) is 0 Å². The Kier molecular flexibility index (Phi) is 6.46. The van der Waals surface area contributed by atoms with Gasteiger partial charge in [-0.05, 0) is 92.0 Å². The first kappa shape index (κ1) is 21.7. The molecule has 1 aliphatic rings. The third-order valence-corrected chi connectivity index (χ3v) is 6.87. The number of benzene rings is 3. The molecule has 3 aromatic carbocycles. The molecule has 4 aromatic rings. The predicted octanol–water partition coefficient (Wildman–Crippen LogP) is 7.07. The largest absolute Gasteiger partial charge is 0.508 e. The Hall–Kier alpha value is -3.09. The predicted molar refractivity (Wildman–Crippen MR) is 131 cm³/mol. The molecule has 0 spiro atoms. The van der Waals surface area contributed by atoms with E-state index in [2.05, 4.69) is 4.90 Å². The van der Waals surface area contributed by atoms with Crippen molar-refractivity contribution in [1.82, 2.24) is 4.90 Å². The van der Waals surface area contributed by atoms with Crippen LogP contribution < -0.4 is 9.47 Å². The van der Waals surface area contributed by atoms with Gasteiger partial charge in [-0.25, -0.2) is 0 Å². The van der Waals surface area contributed by atoms with Crippen LogP contribution in [0.3, 0.4) is 0 Å². The number of thiophene rings is 1. The van der Waals surface area contributed by atoms with Gasteiger partial charge >= 0.3 is 0 Å². The van der Waals surface area contributed by atoms with Crippen LogP contribution in [0, 0.1) is 5.13 Å². The monoisotopic (exact) mass is 463 g/mol. The number of hydrogen-bond donors (Lipinski definition) is 1. The summed E-state index contributed by atoms with van der Waals surface area (Å²) in [5.41, 5.74) is 0.809. The quantitative estimate of drug-likeness (QED) is 0.318. The number of rotatable bonds is 7. The molecule has 1 N–H and O–H groups in total. The summed E-state index contributed by atoms with van der Waals surface area (Å²) in [7, 11) is 0. The normalized spacial score (nSPS) is 14.5. The molecule has 4 nitrogen and oxygen atoms in total. The highest BCUT2D eigenvalue weighted by Gasteiger charge is 2.15. The maximum Gasteiger partial charge on any atom is 0.176 e. The smallest absolute Gasteiger partial charge is 0.176 e. The molecule has 0 unspecified atom stereocenters. The van der Waals surface area contributed by atoms with Crippen LogP contribution in [0.1, 0.15) is 19.3 Å². The van der Waals surface area contributed by atoms with E-state index >= 15 is 0 Å². The molecule has 0 atom stereocenters. The highest BCUT2D eigenvalue weighted by Crippen LogP contribution is 2.42. The Morgan fingerprint density at radius 2 is 1.67 bits per heavy atom. The average Bonchev–Trinajstić information content (AvgIpc) is 3.27. The second-order valence-corrected chi connectivity index (χ2v) is 9.31. The van der Waals surface area contributed by atoms with E-state index in [9.17, 15) is 9.50 Å². The number of fused-ring (bicyclic) bond motifs is 1. The van der Waals surface area contributed by atoms with Gasteiger partial charge < -0.3 is 14.6 Å². The lowest BCUT2D eigenvalue weighted by Crippen LogP contribution is -2.33. The third kappa shape index (κ3) is 5.13. The van der Waals surface area contributed by atoms with Gasteiger partial charge in [-0.2, -0.15) is 4.39 Å². The summed E-state index contributed by atoms with van der Waals surface area (Å²) in [5, 5.41) is 11.3. The Morgan fingerprint density at radius 3 is 2.42 bits per heavy atom. The first-order chi connectivity index (χ1) is 16.2. The van der Waals surface area contributed by atoms with Crippen molar-refractivity contribution in [1.29, 1.82) is 0 Å². The van der Waals surface area contributed by atoms with Gasteiger partial charge in [-0.15, -0.1) is 11.3 Å². The summed E-state index contributed by atoms with van der Waals surface area (Å²) in [4.78, 5) is 3.24. The zero-order chi connectivity index (χ0) is 22.6. The van der Waals surface area contributed by atoms with E-state index in [4.69, 9.17) is 9.47 Å². The summed E-state index contributed by atoms with van der Waals surface area (Å²) < 4.78 is 26.0. The van der Waals surface area contributed by atoms with E-state index in [1.165, 1.54) is 25.3 Å². The van der Waals surface area contributed by atoms with Crippen molar-refractivity contribution >= 4 is 22.1 Å². The van der Waals surface area contributed by atoms with Crippen molar-refractivity contribution < 1.29 is 19.0 Å². The van der Waals surface area contributed by atoms with Gasteiger partial charge in [-0.1, -0.05) is 12.5 Å². The number of likely N-dealkylation sites (tertiary alicyclic amines) is 1. The van der Waals surface area contributed by atoms with Crippen molar-refractivity contribution in [2.75, 3.05) is 26.2 Å². The van der Waals surface area contributed by atoms with E-state index in [-0.39, 0.29) is 10.9 Å². The van der Waals surface area contributed by atoms with Crippen LogP contribution in [0.25, 0.3) is 21.2 Å². The summed E-state index contributed by atoms with van der Waals surface area (Å²) in [5.74, 6) is 2.29. The van der Waals surface area contributed by atoms with E-state index < -0.39 is 0 Å². The minimum atomic E-state index is -0.243. The van der Waals surface area contributed by atoms with Crippen molar-refractivity contribution in [2.45, 2.75) is 19.3 Å². The van der Waals surface area contributed by atoms with Gasteiger partial charge in [0.25, 0.3) is 0 Å². The lowest BCUT2D eigenvalue weighted by Gasteiger charge is -2.26. The summed E-state index contributed by atoms with van der Waals surface area (Å²) in [6.45, 7) is 3.94. The highest BCUT2D eigenvalue weighted by atomic mass is 32.1. The number of phenolic OH excluding ortho intramolecular Hbond substituents is 1. The lowest BCUT2D eigenvalue weighted by atomic mass is 10.0. The fraction of sp³-hybridized carbons (Fsp3) is 0.259. The van der Waals surface area contributed by atoms with Crippen LogP contribution in [0.15, 0.2) is 66.7 Å². The molecule has 1 fully saturated rings. The molecule has 0 radical (unpaired) electrons. The molecule has 0 bridgehead atoms. The maximum atomic E-state index is 13.7. The molecule has 33 heavy (non-hydrogen) atoms. The molecule has 5 rings (SSSR count). The Bertz CT molecular complexity index is 1230. The zero-order valence-electron chi connectivity index (χ0n) is 18.3. The van der Waals surface area contributed by atoms with Gasteiger partial charge in [0, 0.05) is 22.4 Å². The second kappa shape index (κ2) is 9.81. The molecule has 2 heterocycles. The van der Waals surface area contributed by atoms with E-state index in [0.717, 1.165) is 57.9 Å². The zero-order valence-corrected chi connectivity index (χ0v) is 19.1. The van der Waals surface area contributed by atoms with E-state index in [1.807, 2.05) is 42.5 Å². The van der Waals surface area contributed by atoms with Crippen LogP contribution in [0.5, 0.6) is 23.0 Å². The Labute approximate surface area is 196 Å².